The van der Waals surface area contributed by atoms with Crippen molar-refractivity contribution in [2.75, 3.05) is 23.8 Å². The number of ether oxygens (including phenoxy) is 1. The minimum Gasteiger partial charge on any atom is -0.441 e. The van der Waals surface area contributed by atoms with Crippen molar-refractivity contribution in [1.29, 1.82) is 0 Å². The summed E-state index contributed by atoms with van der Waals surface area (Å²) in [6.07, 6.45) is 3.56. The predicted octanol–water partition coefficient (Wildman–Crippen LogP) is 4.46. The number of hydrogen-bond acceptors (Lipinski definition) is 5. The zero-order valence-corrected chi connectivity index (χ0v) is 16.9. The van der Waals surface area contributed by atoms with Gasteiger partial charge in [-0.2, -0.15) is 5.10 Å². The molecule has 0 spiro atoms. The van der Waals surface area contributed by atoms with Gasteiger partial charge in [0, 0.05) is 24.5 Å². The zero-order valence-electron chi connectivity index (χ0n) is 16.9. The smallest absolute Gasteiger partial charge is 0.323 e. The maximum atomic E-state index is 12.5. The van der Waals surface area contributed by atoms with Gasteiger partial charge in [0.15, 0.2) is 0 Å². The number of anilines is 2. The summed E-state index contributed by atoms with van der Waals surface area (Å²) in [5.74, 6) is 1.32. The number of aryl methyl sites for hydroxylation is 2. The number of benzene rings is 1. The lowest BCUT2D eigenvalue weighted by Gasteiger charge is -2.23. The zero-order chi connectivity index (χ0) is 20.4. The van der Waals surface area contributed by atoms with E-state index in [1.54, 1.807) is 6.20 Å². The second-order valence-corrected chi connectivity index (χ2v) is 7.25. The fourth-order valence-electron chi connectivity index (χ4n) is 3.45. The SMILES string of the molecule is Cc1nc(-c2cccc(NC(=O)Nc3cnn(C4CCOCC4)c3C)c2)oc1C. The van der Waals surface area contributed by atoms with Crippen LogP contribution in [0, 0.1) is 20.8 Å². The van der Waals surface area contributed by atoms with E-state index in [1.807, 2.05) is 49.7 Å². The molecule has 1 aliphatic heterocycles. The minimum atomic E-state index is -0.323. The topological polar surface area (TPSA) is 94.2 Å². The summed E-state index contributed by atoms with van der Waals surface area (Å²) >= 11 is 0. The first-order valence-corrected chi connectivity index (χ1v) is 9.75. The Labute approximate surface area is 169 Å². The standard InChI is InChI=1S/C21H25N5O3/c1-13-15(3)29-20(23-13)16-5-4-6-17(11-16)24-21(27)25-19-12-22-26(14(19)2)18-7-9-28-10-8-18/h4-6,11-12,18H,7-10H2,1-3H3,(H2,24,25,27). The molecule has 0 unspecified atom stereocenters. The van der Waals surface area contributed by atoms with Crippen LogP contribution in [0.4, 0.5) is 16.2 Å². The molecular formula is C21H25N5O3. The molecule has 1 saturated heterocycles. The van der Waals surface area contributed by atoms with Crippen LogP contribution in [0.1, 0.15) is 36.0 Å². The quantitative estimate of drug-likeness (QED) is 0.680. The Hall–Kier alpha value is -3.13. The number of hydrogen-bond donors (Lipinski definition) is 2. The molecule has 4 rings (SSSR count). The summed E-state index contributed by atoms with van der Waals surface area (Å²) in [4.78, 5) is 16.9. The Morgan fingerprint density at radius 1 is 1.17 bits per heavy atom. The lowest BCUT2D eigenvalue weighted by Crippen LogP contribution is -2.22. The van der Waals surface area contributed by atoms with Crippen molar-refractivity contribution in [3.8, 4) is 11.5 Å². The van der Waals surface area contributed by atoms with E-state index >= 15 is 0 Å². The number of urea groups is 1. The first-order valence-electron chi connectivity index (χ1n) is 9.75. The van der Waals surface area contributed by atoms with Crippen LogP contribution in [0.15, 0.2) is 34.9 Å². The monoisotopic (exact) mass is 395 g/mol. The van der Waals surface area contributed by atoms with E-state index in [9.17, 15) is 4.79 Å². The highest BCUT2D eigenvalue weighted by Crippen LogP contribution is 2.26. The molecule has 3 aromatic rings. The van der Waals surface area contributed by atoms with Gasteiger partial charge in [0.05, 0.1) is 29.3 Å². The minimum absolute atomic E-state index is 0.312. The molecule has 3 heterocycles. The molecule has 29 heavy (non-hydrogen) atoms. The molecule has 0 aliphatic carbocycles. The van der Waals surface area contributed by atoms with Gasteiger partial charge in [-0.1, -0.05) is 6.07 Å². The molecule has 1 aromatic carbocycles. The van der Waals surface area contributed by atoms with Crippen LogP contribution in [-0.4, -0.2) is 34.0 Å². The van der Waals surface area contributed by atoms with Gasteiger partial charge >= 0.3 is 6.03 Å². The van der Waals surface area contributed by atoms with Crippen LogP contribution in [0.25, 0.3) is 11.5 Å². The highest BCUT2D eigenvalue weighted by molar-refractivity contribution is 6.00. The lowest BCUT2D eigenvalue weighted by molar-refractivity contribution is 0.0657. The average Bonchev–Trinajstić information content (AvgIpc) is 3.25. The van der Waals surface area contributed by atoms with Gasteiger partial charge in [-0.25, -0.2) is 9.78 Å². The maximum absolute atomic E-state index is 12.5. The Morgan fingerprint density at radius 3 is 2.69 bits per heavy atom. The third-order valence-corrected chi connectivity index (χ3v) is 5.23. The van der Waals surface area contributed by atoms with E-state index in [1.165, 1.54) is 0 Å². The second kappa shape index (κ2) is 8.08. The number of carbonyl (C=O) groups excluding carboxylic acids is 1. The Bertz CT molecular complexity index is 998. The molecule has 0 radical (unpaired) electrons. The van der Waals surface area contributed by atoms with E-state index in [4.69, 9.17) is 9.15 Å². The van der Waals surface area contributed by atoms with Crippen LogP contribution in [0.3, 0.4) is 0 Å². The van der Waals surface area contributed by atoms with Gasteiger partial charge in [0.1, 0.15) is 5.76 Å². The van der Waals surface area contributed by atoms with Gasteiger partial charge in [0.25, 0.3) is 0 Å². The van der Waals surface area contributed by atoms with E-state index in [0.717, 1.165) is 48.8 Å². The molecule has 152 valence electrons. The van der Waals surface area contributed by atoms with Gasteiger partial charge < -0.3 is 19.8 Å². The molecule has 1 aliphatic rings. The molecule has 0 saturated carbocycles. The fourth-order valence-corrected chi connectivity index (χ4v) is 3.45. The molecular weight excluding hydrogens is 370 g/mol. The number of amides is 2. The Morgan fingerprint density at radius 2 is 1.97 bits per heavy atom. The summed E-state index contributed by atoms with van der Waals surface area (Å²) in [6.45, 7) is 7.23. The molecule has 8 nitrogen and oxygen atoms in total. The van der Waals surface area contributed by atoms with E-state index in [0.29, 0.717) is 23.3 Å². The first-order chi connectivity index (χ1) is 14.0. The Balaban J connectivity index is 1.44. The third-order valence-electron chi connectivity index (χ3n) is 5.23. The number of nitrogens with zero attached hydrogens (tertiary/aromatic N) is 3. The van der Waals surface area contributed by atoms with Crippen molar-refractivity contribution in [1.82, 2.24) is 14.8 Å². The molecule has 2 amide bonds. The van der Waals surface area contributed by atoms with Gasteiger partial charge in [-0.05, 0) is 51.8 Å². The van der Waals surface area contributed by atoms with Gasteiger partial charge in [-0.3, -0.25) is 4.68 Å². The molecule has 1 fully saturated rings. The Kier molecular flexibility index (Phi) is 5.35. The molecule has 2 N–H and O–H groups in total. The van der Waals surface area contributed by atoms with Crippen molar-refractivity contribution >= 4 is 17.4 Å². The van der Waals surface area contributed by atoms with E-state index in [-0.39, 0.29) is 6.03 Å². The van der Waals surface area contributed by atoms with Crippen LogP contribution < -0.4 is 10.6 Å². The second-order valence-electron chi connectivity index (χ2n) is 7.25. The van der Waals surface area contributed by atoms with Crippen molar-refractivity contribution < 1.29 is 13.9 Å². The van der Waals surface area contributed by atoms with Crippen LogP contribution >= 0.6 is 0 Å². The normalized spacial score (nSPS) is 14.7. The molecule has 0 atom stereocenters. The summed E-state index contributed by atoms with van der Waals surface area (Å²) in [5, 5.41) is 10.2. The predicted molar refractivity (Wildman–Crippen MR) is 110 cm³/mol. The molecule has 2 aromatic heterocycles. The largest absolute Gasteiger partial charge is 0.441 e. The van der Waals surface area contributed by atoms with Gasteiger partial charge in [-0.15, -0.1) is 0 Å². The summed E-state index contributed by atoms with van der Waals surface area (Å²) in [7, 11) is 0. The highest BCUT2D eigenvalue weighted by atomic mass is 16.5. The van der Waals surface area contributed by atoms with Gasteiger partial charge in [0.2, 0.25) is 5.89 Å². The van der Waals surface area contributed by atoms with Crippen LogP contribution in [-0.2, 0) is 4.74 Å². The van der Waals surface area contributed by atoms with Crippen LogP contribution in [0.5, 0.6) is 0 Å². The molecule has 8 heteroatoms. The average molecular weight is 395 g/mol. The number of oxazole rings is 1. The van der Waals surface area contributed by atoms with Crippen LogP contribution in [0.2, 0.25) is 0 Å². The van der Waals surface area contributed by atoms with E-state index < -0.39 is 0 Å². The van der Waals surface area contributed by atoms with E-state index in [2.05, 4.69) is 20.7 Å². The van der Waals surface area contributed by atoms with Crippen molar-refractivity contribution in [2.24, 2.45) is 0 Å². The number of carbonyl (C=O) groups is 1. The summed E-state index contributed by atoms with van der Waals surface area (Å²) in [6, 6.07) is 7.40. The van der Waals surface area contributed by atoms with Crippen molar-refractivity contribution in [3.05, 3.63) is 47.6 Å². The van der Waals surface area contributed by atoms with Crippen molar-refractivity contribution in [3.63, 3.8) is 0 Å². The number of aromatic nitrogens is 3. The summed E-state index contributed by atoms with van der Waals surface area (Å²) in [5.41, 5.74) is 3.95. The number of nitrogens with one attached hydrogen (secondary N) is 2. The lowest BCUT2D eigenvalue weighted by atomic mass is 10.1. The summed E-state index contributed by atoms with van der Waals surface area (Å²) < 4.78 is 13.1. The highest BCUT2D eigenvalue weighted by Gasteiger charge is 2.20. The van der Waals surface area contributed by atoms with Crippen molar-refractivity contribution in [2.45, 2.75) is 39.7 Å². The third kappa shape index (κ3) is 4.17. The fraction of sp³-hybridized carbons (Fsp3) is 0.381. The first kappa shape index (κ1) is 19.2. The number of rotatable bonds is 4. The maximum Gasteiger partial charge on any atom is 0.323 e. The molecule has 0 bridgehead atoms.